The topological polar surface area (TPSA) is 35.5 Å². The molecule has 0 unspecified atom stereocenters. The van der Waals surface area contributed by atoms with Crippen molar-refractivity contribution in [2.75, 3.05) is 26.9 Å². The van der Waals surface area contributed by atoms with Gasteiger partial charge in [-0.3, -0.25) is 4.79 Å². The van der Waals surface area contributed by atoms with Gasteiger partial charge in [-0.25, -0.2) is 0 Å². The third-order valence-electron chi connectivity index (χ3n) is 2.79. The van der Waals surface area contributed by atoms with Crippen molar-refractivity contribution in [2.45, 2.75) is 26.2 Å². The predicted octanol–water partition coefficient (Wildman–Crippen LogP) is 2.41. The Kier molecular flexibility index (Phi) is 7.30. The van der Waals surface area contributed by atoms with Crippen LogP contribution < -0.4 is 0 Å². The molecule has 0 fully saturated rings. The summed E-state index contributed by atoms with van der Waals surface area (Å²) in [5.74, 6) is 0.219. The fourth-order valence-corrected chi connectivity index (χ4v) is 1.64. The highest BCUT2D eigenvalue weighted by Gasteiger charge is 2.03. The molecule has 0 aliphatic heterocycles. The van der Waals surface area contributed by atoms with Crippen LogP contribution in [0.4, 0.5) is 0 Å². The highest BCUT2D eigenvalue weighted by molar-refractivity contribution is 5.80. The van der Waals surface area contributed by atoms with Gasteiger partial charge in [-0.15, -0.1) is 0 Å². The number of rotatable bonds is 9. The number of carbonyl (C=O) groups is 1. The molecule has 1 aromatic rings. The number of hydrogen-bond donors (Lipinski definition) is 0. The van der Waals surface area contributed by atoms with Crippen molar-refractivity contribution in [3.8, 4) is 0 Å². The van der Waals surface area contributed by atoms with Gasteiger partial charge in [0.2, 0.25) is 0 Å². The Balaban J connectivity index is 2.22. The SMILES string of the molecule is CCc1ccc(CC(=O)CCOCCOC)cc1. The summed E-state index contributed by atoms with van der Waals surface area (Å²) in [7, 11) is 1.63. The summed E-state index contributed by atoms with van der Waals surface area (Å²) >= 11 is 0. The van der Waals surface area contributed by atoms with E-state index >= 15 is 0 Å². The average Bonchev–Trinajstić information content (AvgIpc) is 2.39. The standard InChI is InChI=1S/C15H22O3/c1-3-13-4-6-14(7-5-13)12-15(16)8-9-18-11-10-17-2/h4-7H,3,8-12H2,1-2H3. The number of Topliss-reactive ketones (excluding diaryl/α,β-unsaturated/α-hetero) is 1. The van der Waals surface area contributed by atoms with Crippen LogP contribution in [0.3, 0.4) is 0 Å². The minimum absolute atomic E-state index is 0.219. The van der Waals surface area contributed by atoms with Crippen LogP contribution in [0, 0.1) is 0 Å². The van der Waals surface area contributed by atoms with Crippen LogP contribution in [0.25, 0.3) is 0 Å². The van der Waals surface area contributed by atoms with Gasteiger partial charge >= 0.3 is 0 Å². The molecule has 0 N–H and O–H groups in total. The number of methoxy groups -OCH3 is 1. The Labute approximate surface area is 109 Å². The van der Waals surface area contributed by atoms with Crippen molar-refractivity contribution in [2.24, 2.45) is 0 Å². The molecule has 0 atom stereocenters. The third kappa shape index (κ3) is 5.94. The zero-order valence-corrected chi connectivity index (χ0v) is 11.3. The monoisotopic (exact) mass is 250 g/mol. The fourth-order valence-electron chi connectivity index (χ4n) is 1.64. The van der Waals surface area contributed by atoms with E-state index in [1.807, 2.05) is 12.1 Å². The second-order valence-corrected chi connectivity index (χ2v) is 4.24. The molecule has 0 amide bonds. The molecule has 0 radical (unpaired) electrons. The number of ketones is 1. The Morgan fingerprint density at radius 2 is 1.72 bits per heavy atom. The van der Waals surface area contributed by atoms with E-state index in [1.165, 1.54) is 5.56 Å². The summed E-state index contributed by atoms with van der Waals surface area (Å²) in [5, 5.41) is 0. The van der Waals surface area contributed by atoms with Crippen molar-refractivity contribution in [3.63, 3.8) is 0 Å². The number of carbonyl (C=O) groups excluding carboxylic acids is 1. The molecule has 18 heavy (non-hydrogen) atoms. The summed E-state index contributed by atoms with van der Waals surface area (Å²) in [4.78, 5) is 11.7. The minimum Gasteiger partial charge on any atom is -0.382 e. The largest absolute Gasteiger partial charge is 0.382 e. The predicted molar refractivity (Wildman–Crippen MR) is 71.8 cm³/mol. The molecule has 0 heterocycles. The lowest BCUT2D eigenvalue weighted by Crippen LogP contribution is -2.09. The zero-order valence-electron chi connectivity index (χ0n) is 11.3. The van der Waals surface area contributed by atoms with E-state index < -0.39 is 0 Å². The third-order valence-corrected chi connectivity index (χ3v) is 2.79. The van der Waals surface area contributed by atoms with E-state index in [0.717, 1.165) is 12.0 Å². The van der Waals surface area contributed by atoms with Gasteiger partial charge in [0.15, 0.2) is 0 Å². The first kappa shape index (κ1) is 14.9. The maximum atomic E-state index is 11.7. The maximum absolute atomic E-state index is 11.7. The van der Waals surface area contributed by atoms with Crippen LogP contribution in [0.1, 0.15) is 24.5 Å². The van der Waals surface area contributed by atoms with Crippen molar-refractivity contribution in [3.05, 3.63) is 35.4 Å². The van der Waals surface area contributed by atoms with Crippen LogP contribution in [-0.4, -0.2) is 32.7 Å². The second-order valence-electron chi connectivity index (χ2n) is 4.24. The first-order valence-corrected chi connectivity index (χ1v) is 6.42. The Morgan fingerprint density at radius 3 is 2.33 bits per heavy atom. The fraction of sp³-hybridized carbons (Fsp3) is 0.533. The molecule has 100 valence electrons. The number of benzene rings is 1. The molecule has 0 spiro atoms. The van der Waals surface area contributed by atoms with Gasteiger partial charge in [0.05, 0.1) is 19.8 Å². The van der Waals surface area contributed by atoms with Gasteiger partial charge in [0, 0.05) is 20.0 Å². The minimum atomic E-state index is 0.219. The van der Waals surface area contributed by atoms with E-state index in [4.69, 9.17) is 9.47 Å². The smallest absolute Gasteiger partial charge is 0.139 e. The lowest BCUT2D eigenvalue weighted by atomic mass is 10.0. The molecule has 0 aliphatic carbocycles. The summed E-state index contributed by atoms with van der Waals surface area (Å²) in [6.45, 7) is 3.73. The van der Waals surface area contributed by atoms with Crippen LogP contribution in [-0.2, 0) is 27.1 Å². The zero-order chi connectivity index (χ0) is 13.2. The molecule has 3 nitrogen and oxygen atoms in total. The summed E-state index contributed by atoms with van der Waals surface area (Å²) in [6, 6.07) is 8.22. The molecular weight excluding hydrogens is 228 g/mol. The van der Waals surface area contributed by atoms with E-state index in [2.05, 4.69) is 19.1 Å². The summed E-state index contributed by atoms with van der Waals surface area (Å²) in [6.07, 6.45) is 2.00. The first-order chi connectivity index (χ1) is 8.76. The van der Waals surface area contributed by atoms with E-state index in [1.54, 1.807) is 7.11 Å². The van der Waals surface area contributed by atoms with E-state index in [0.29, 0.717) is 32.7 Å². The number of ether oxygens (including phenoxy) is 2. The molecule has 3 heteroatoms. The molecule has 0 aliphatic rings. The maximum Gasteiger partial charge on any atom is 0.139 e. The quantitative estimate of drug-likeness (QED) is 0.631. The summed E-state index contributed by atoms with van der Waals surface area (Å²) < 4.78 is 10.1. The Morgan fingerprint density at radius 1 is 1.06 bits per heavy atom. The first-order valence-electron chi connectivity index (χ1n) is 6.42. The van der Waals surface area contributed by atoms with Crippen LogP contribution in [0.15, 0.2) is 24.3 Å². The molecule has 0 aromatic heterocycles. The molecule has 1 rings (SSSR count). The highest BCUT2D eigenvalue weighted by Crippen LogP contribution is 2.07. The van der Waals surface area contributed by atoms with Gasteiger partial charge in [-0.1, -0.05) is 31.2 Å². The van der Waals surface area contributed by atoms with Crippen molar-refractivity contribution >= 4 is 5.78 Å². The van der Waals surface area contributed by atoms with Gasteiger partial charge in [0.25, 0.3) is 0 Å². The molecule has 1 aromatic carbocycles. The van der Waals surface area contributed by atoms with Gasteiger partial charge < -0.3 is 9.47 Å². The van der Waals surface area contributed by atoms with Crippen molar-refractivity contribution in [1.29, 1.82) is 0 Å². The van der Waals surface area contributed by atoms with Crippen molar-refractivity contribution < 1.29 is 14.3 Å². The Hall–Kier alpha value is -1.19. The normalized spacial score (nSPS) is 10.6. The molecule has 0 saturated carbocycles. The number of hydrogen-bond acceptors (Lipinski definition) is 3. The lowest BCUT2D eigenvalue weighted by molar-refractivity contribution is -0.119. The number of aryl methyl sites for hydroxylation is 1. The molecule has 0 bridgehead atoms. The van der Waals surface area contributed by atoms with E-state index in [9.17, 15) is 4.79 Å². The summed E-state index contributed by atoms with van der Waals surface area (Å²) in [5.41, 5.74) is 2.38. The van der Waals surface area contributed by atoms with Gasteiger partial charge in [-0.2, -0.15) is 0 Å². The average molecular weight is 250 g/mol. The lowest BCUT2D eigenvalue weighted by Gasteiger charge is -2.04. The van der Waals surface area contributed by atoms with E-state index in [-0.39, 0.29) is 5.78 Å². The van der Waals surface area contributed by atoms with Crippen LogP contribution in [0.2, 0.25) is 0 Å². The molecular formula is C15H22O3. The second kappa shape index (κ2) is 8.84. The van der Waals surface area contributed by atoms with Gasteiger partial charge in [0.1, 0.15) is 5.78 Å². The van der Waals surface area contributed by atoms with Gasteiger partial charge in [-0.05, 0) is 17.5 Å². The van der Waals surface area contributed by atoms with Crippen LogP contribution in [0.5, 0.6) is 0 Å². The van der Waals surface area contributed by atoms with Crippen LogP contribution >= 0.6 is 0 Å². The highest BCUT2D eigenvalue weighted by atomic mass is 16.5. The molecule has 0 saturated heterocycles. The van der Waals surface area contributed by atoms with Crippen molar-refractivity contribution in [1.82, 2.24) is 0 Å². The Bertz CT molecular complexity index is 343.